The first kappa shape index (κ1) is 21.5. The summed E-state index contributed by atoms with van der Waals surface area (Å²) in [7, 11) is 5.61. The van der Waals surface area contributed by atoms with Crippen molar-refractivity contribution in [1.82, 2.24) is 4.90 Å². The van der Waals surface area contributed by atoms with Crippen LogP contribution in [-0.2, 0) is 4.84 Å². The summed E-state index contributed by atoms with van der Waals surface area (Å²) in [5.74, 6) is 1.03. The summed E-state index contributed by atoms with van der Waals surface area (Å²) in [5, 5.41) is 13.6. The second-order valence-electron chi connectivity index (χ2n) is 5.77. The van der Waals surface area contributed by atoms with E-state index in [2.05, 4.69) is 5.16 Å². The second kappa shape index (κ2) is 11.2. The molecular formula is C20H25ClN2O3. The average Bonchev–Trinajstić information content (AvgIpc) is 2.62. The van der Waals surface area contributed by atoms with E-state index in [1.54, 1.807) is 19.2 Å². The molecular weight excluding hydrogens is 352 g/mol. The lowest BCUT2D eigenvalue weighted by Crippen LogP contribution is -2.17. The Hall–Kier alpha value is -2.50. The molecule has 26 heavy (non-hydrogen) atoms. The molecule has 0 saturated carbocycles. The van der Waals surface area contributed by atoms with Crippen LogP contribution in [0.15, 0.2) is 59.8 Å². The first-order valence-electron chi connectivity index (χ1n) is 8.04. The van der Waals surface area contributed by atoms with Gasteiger partial charge in [-0.05, 0) is 62.1 Å². The molecule has 0 aliphatic rings. The molecule has 6 heteroatoms. The number of likely N-dealkylation sites (N-methyl/N-ethyl adjacent to an activating group) is 1. The zero-order chi connectivity index (χ0) is 18.1. The third-order valence-electron chi connectivity index (χ3n) is 3.51. The van der Waals surface area contributed by atoms with Gasteiger partial charge in [-0.15, -0.1) is 12.4 Å². The predicted octanol–water partition coefficient (Wildman–Crippen LogP) is 3.82. The maximum Gasteiger partial charge on any atom is 0.129 e. The molecule has 0 aliphatic heterocycles. The van der Waals surface area contributed by atoms with Gasteiger partial charge in [0, 0.05) is 12.1 Å². The van der Waals surface area contributed by atoms with E-state index in [0.717, 1.165) is 29.1 Å². The summed E-state index contributed by atoms with van der Waals surface area (Å²) in [4.78, 5) is 7.49. The number of aromatic hydroxyl groups is 1. The van der Waals surface area contributed by atoms with E-state index in [4.69, 9.17) is 9.57 Å². The minimum atomic E-state index is 0. The summed E-state index contributed by atoms with van der Waals surface area (Å²) in [6.07, 6.45) is 3.82. The molecule has 0 atom stereocenters. The molecule has 0 aliphatic carbocycles. The summed E-state index contributed by atoms with van der Waals surface area (Å²) < 4.78 is 5.20. The van der Waals surface area contributed by atoms with Crippen molar-refractivity contribution in [3.05, 3.63) is 65.7 Å². The van der Waals surface area contributed by atoms with Gasteiger partial charge in [-0.2, -0.15) is 0 Å². The topological polar surface area (TPSA) is 54.3 Å². The lowest BCUT2D eigenvalue weighted by Gasteiger charge is -2.08. The van der Waals surface area contributed by atoms with Crippen LogP contribution in [0.25, 0.3) is 6.08 Å². The van der Waals surface area contributed by atoms with E-state index in [1.807, 2.05) is 67.5 Å². The Balaban J connectivity index is 0.00000338. The number of nitrogens with zero attached hydrogens (tertiary/aromatic N) is 2. The van der Waals surface area contributed by atoms with Crippen LogP contribution < -0.4 is 4.74 Å². The van der Waals surface area contributed by atoms with Gasteiger partial charge in [0.1, 0.15) is 23.8 Å². The Labute approximate surface area is 161 Å². The number of benzene rings is 2. The maximum atomic E-state index is 9.37. The Morgan fingerprint density at radius 1 is 1.08 bits per heavy atom. The fourth-order valence-electron chi connectivity index (χ4n) is 2.04. The maximum absolute atomic E-state index is 9.37. The van der Waals surface area contributed by atoms with E-state index < -0.39 is 0 Å². The fraction of sp³-hybridized carbons (Fsp3) is 0.250. The first-order chi connectivity index (χ1) is 12.1. The first-order valence-corrected chi connectivity index (χ1v) is 8.04. The van der Waals surface area contributed by atoms with Gasteiger partial charge in [0.15, 0.2) is 0 Å². The van der Waals surface area contributed by atoms with Crippen LogP contribution in [0.3, 0.4) is 0 Å². The molecule has 0 saturated heterocycles. The summed E-state index contributed by atoms with van der Waals surface area (Å²) in [5.41, 5.74) is 2.61. The molecule has 0 heterocycles. The Kier molecular flexibility index (Phi) is 9.26. The molecule has 0 radical (unpaired) electrons. The van der Waals surface area contributed by atoms with Gasteiger partial charge in [-0.3, -0.25) is 0 Å². The Morgan fingerprint density at radius 2 is 1.73 bits per heavy atom. The van der Waals surface area contributed by atoms with Gasteiger partial charge in [0.2, 0.25) is 0 Å². The van der Waals surface area contributed by atoms with Crippen LogP contribution in [0.2, 0.25) is 0 Å². The molecule has 1 N–H and O–H groups in total. The molecule has 0 unspecified atom stereocenters. The molecule has 0 fully saturated rings. The highest BCUT2D eigenvalue weighted by Crippen LogP contribution is 2.15. The largest absolute Gasteiger partial charge is 0.508 e. The standard InChI is InChI=1S/C20H24N2O3.ClH/c1-22(2)14-15-25-21-20(17-7-11-19(24-3)12-8-17)13-6-16-4-9-18(23)10-5-16;/h4-13,23H,14-15H2,1-3H3;1H. The lowest BCUT2D eigenvalue weighted by molar-refractivity contribution is 0.126. The van der Waals surface area contributed by atoms with Crippen molar-refractivity contribution < 1.29 is 14.7 Å². The molecule has 2 aromatic carbocycles. The van der Waals surface area contributed by atoms with Gasteiger partial charge in [-0.1, -0.05) is 23.4 Å². The Morgan fingerprint density at radius 3 is 2.31 bits per heavy atom. The molecule has 0 aromatic heterocycles. The van der Waals surface area contributed by atoms with Crippen molar-refractivity contribution in [2.24, 2.45) is 5.16 Å². The van der Waals surface area contributed by atoms with Crippen molar-refractivity contribution in [2.75, 3.05) is 34.4 Å². The van der Waals surface area contributed by atoms with Crippen molar-refractivity contribution in [3.63, 3.8) is 0 Å². The third-order valence-corrected chi connectivity index (χ3v) is 3.51. The number of phenols is 1. The van der Waals surface area contributed by atoms with E-state index >= 15 is 0 Å². The van der Waals surface area contributed by atoms with Crippen LogP contribution in [0.5, 0.6) is 11.5 Å². The quantitative estimate of drug-likeness (QED) is 0.432. The van der Waals surface area contributed by atoms with E-state index in [1.165, 1.54) is 0 Å². The minimum absolute atomic E-state index is 0. The number of hydrogen-bond acceptors (Lipinski definition) is 5. The SMILES string of the molecule is COc1ccc(C(C=Cc2ccc(O)cc2)=NOCCN(C)C)cc1.Cl. The van der Waals surface area contributed by atoms with Crippen molar-refractivity contribution in [3.8, 4) is 11.5 Å². The van der Waals surface area contributed by atoms with Crippen molar-refractivity contribution in [1.29, 1.82) is 0 Å². The number of allylic oxidation sites excluding steroid dienone is 1. The van der Waals surface area contributed by atoms with Crippen molar-refractivity contribution >= 4 is 24.2 Å². The van der Waals surface area contributed by atoms with Gasteiger partial charge < -0.3 is 19.6 Å². The van der Waals surface area contributed by atoms with Gasteiger partial charge in [0.25, 0.3) is 0 Å². The lowest BCUT2D eigenvalue weighted by atomic mass is 10.1. The van der Waals surface area contributed by atoms with Crippen LogP contribution in [-0.4, -0.2) is 50.1 Å². The zero-order valence-electron chi connectivity index (χ0n) is 15.3. The third kappa shape index (κ3) is 7.17. The van der Waals surface area contributed by atoms with E-state index in [0.29, 0.717) is 6.61 Å². The van der Waals surface area contributed by atoms with Gasteiger partial charge in [-0.25, -0.2) is 0 Å². The summed E-state index contributed by atoms with van der Waals surface area (Å²) in [6.45, 7) is 1.31. The molecule has 2 rings (SSSR count). The summed E-state index contributed by atoms with van der Waals surface area (Å²) >= 11 is 0. The number of ether oxygens (including phenoxy) is 1. The fourth-order valence-corrected chi connectivity index (χ4v) is 2.04. The smallest absolute Gasteiger partial charge is 0.129 e. The predicted molar refractivity (Wildman–Crippen MR) is 108 cm³/mol. The van der Waals surface area contributed by atoms with Crippen LogP contribution >= 0.6 is 12.4 Å². The molecule has 5 nitrogen and oxygen atoms in total. The van der Waals surface area contributed by atoms with Gasteiger partial charge in [0.05, 0.1) is 7.11 Å². The monoisotopic (exact) mass is 376 g/mol. The normalized spacial score (nSPS) is 11.5. The van der Waals surface area contributed by atoms with E-state index in [-0.39, 0.29) is 18.2 Å². The second-order valence-corrected chi connectivity index (χ2v) is 5.77. The zero-order valence-corrected chi connectivity index (χ0v) is 16.1. The highest BCUT2D eigenvalue weighted by molar-refractivity contribution is 6.10. The van der Waals surface area contributed by atoms with Crippen LogP contribution in [0.4, 0.5) is 0 Å². The molecule has 0 amide bonds. The highest BCUT2D eigenvalue weighted by Gasteiger charge is 2.02. The Bertz CT molecular complexity index is 711. The minimum Gasteiger partial charge on any atom is -0.508 e. The summed E-state index contributed by atoms with van der Waals surface area (Å²) in [6, 6.07) is 14.6. The number of hydrogen-bond donors (Lipinski definition) is 1. The van der Waals surface area contributed by atoms with E-state index in [9.17, 15) is 5.11 Å². The number of rotatable bonds is 8. The molecule has 140 valence electrons. The number of halogens is 1. The van der Waals surface area contributed by atoms with Crippen LogP contribution in [0, 0.1) is 0 Å². The van der Waals surface area contributed by atoms with Gasteiger partial charge >= 0.3 is 0 Å². The molecule has 2 aromatic rings. The number of phenolic OH excluding ortho intramolecular Hbond substituents is 1. The van der Waals surface area contributed by atoms with Crippen LogP contribution in [0.1, 0.15) is 11.1 Å². The van der Waals surface area contributed by atoms with Crippen molar-refractivity contribution in [2.45, 2.75) is 0 Å². The molecule has 0 spiro atoms. The molecule has 0 bridgehead atoms. The highest BCUT2D eigenvalue weighted by atomic mass is 35.5. The number of oxime groups is 1. The average molecular weight is 377 g/mol. The number of methoxy groups -OCH3 is 1.